The largest absolute Gasteiger partial charge is 0.508 e. The Hall–Kier alpha value is -1.34. The highest BCUT2D eigenvalue weighted by molar-refractivity contribution is 6.59. The summed E-state index contributed by atoms with van der Waals surface area (Å²) in [5.74, 6) is -0.608. The summed E-state index contributed by atoms with van der Waals surface area (Å²) in [7, 11) is -0.223. The summed E-state index contributed by atoms with van der Waals surface area (Å²) in [6, 6.07) is 0. The van der Waals surface area contributed by atoms with Gasteiger partial charge in [0.15, 0.2) is 0 Å². The highest BCUT2D eigenvalue weighted by Crippen LogP contribution is 1.98. The Morgan fingerprint density at radius 3 is 2.86 bits per heavy atom. The Balaban J connectivity index is 3.02. The number of carbonyl (C=O) groups is 1. The average Bonchev–Trinajstić information content (AvgIpc) is 2.47. The van der Waals surface area contributed by atoms with E-state index in [0.29, 0.717) is 0 Å². The minimum Gasteiger partial charge on any atom is -0.462 e. The Kier molecular flexibility index (Phi) is 3.26. The van der Waals surface area contributed by atoms with Gasteiger partial charge in [-0.25, -0.2) is 4.79 Å². The van der Waals surface area contributed by atoms with Crippen LogP contribution in [0.2, 0.25) is 0 Å². The third-order valence-corrected chi connectivity index (χ3v) is 1.72. The minimum atomic E-state index is -1.73. The molecule has 1 heterocycles. The van der Waals surface area contributed by atoms with Crippen molar-refractivity contribution in [3.8, 4) is 0 Å². The average molecular weight is 198 g/mol. The van der Waals surface area contributed by atoms with Crippen molar-refractivity contribution in [2.45, 2.75) is 6.92 Å². The number of esters is 1. The zero-order chi connectivity index (χ0) is 10.7. The summed E-state index contributed by atoms with van der Waals surface area (Å²) in [5, 5.41) is 21.7. The van der Waals surface area contributed by atoms with E-state index in [2.05, 4.69) is 5.10 Å². The van der Waals surface area contributed by atoms with Crippen LogP contribution in [0.25, 0.3) is 0 Å². The van der Waals surface area contributed by atoms with E-state index in [4.69, 9.17) is 14.8 Å². The lowest BCUT2D eigenvalue weighted by Crippen LogP contribution is -2.39. The number of aromatic nitrogens is 2. The third kappa shape index (κ3) is 1.94. The van der Waals surface area contributed by atoms with Crippen molar-refractivity contribution >= 4 is 18.7 Å². The number of hydrogen-bond acceptors (Lipinski definition) is 5. The molecular weight excluding hydrogens is 187 g/mol. The molecule has 76 valence electrons. The molecule has 1 rings (SSSR count). The Labute approximate surface area is 81.3 Å². The van der Waals surface area contributed by atoms with Crippen molar-refractivity contribution in [2.75, 3.05) is 6.61 Å². The van der Waals surface area contributed by atoms with Crippen molar-refractivity contribution in [1.82, 2.24) is 9.78 Å². The second-order valence-corrected chi connectivity index (χ2v) is 2.66. The fraction of sp³-hybridized carbons (Fsp3) is 0.429. The van der Waals surface area contributed by atoms with Crippen molar-refractivity contribution in [3.63, 3.8) is 0 Å². The number of carbonyl (C=O) groups excluding carboxylic acids is 1. The molecule has 0 radical (unpaired) electrons. The first-order chi connectivity index (χ1) is 6.57. The summed E-state index contributed by atoms with van der Waals surface area (Å²) in [6.45, 7) is 1.90. The normalized spacial score (nSPS) is 10.0. The van der Waals surface area contributed by atoms with Crippen LogP contribution in [0.5, 0.6) is 0 Å². The quantitative estimate of drug-likeness (QED) is 0.445. The van der Waals surface area contributed by atoms with E-state index in [1.165, 1.54) is 17.9 Å². The number of rotatable bonds is 3. The van der Waals surface area contributed by atoms with Crippen LogP contribution in [-0.4, -0.2) is 39.5 Å². The topological polar surface area (TPSA) is 84.6 Å². The van der Waals surface area contributed by atoms with Gasteiger partial charge in [-0.3, -0.25) is 4.68 Å². The summed E-state index contributed by atoms with van der Waals surface area (Å²) < 4.78 is 5.94. The molecule has 0 aliphatic rings. The van der Waals surface area contributed by atoms with Crippen LogP contribution >= 0.6 is 0 Å². The molecule has 0 saturated carbocycles. The van der Waals surface area contributed by atoms with Gasteiger partial charge in [-0.2, -0.15) is 5.10 Å². The Bertz CT molecular complexity index is 336. The molecule has 14 heavy (non-hydrogen) atoms. The molecule has 6 nitrogen and oxygen atoms in total. The zero-order valence-electron chi connectivity index (χ0n) is 7.97. The summed E-state index contributed by atoms with van der Waals surface area (Å²) in [4.78, 5) is 11.3. The van der Waals surface area contributed by atoms with Crippen molar-refractivity contribution in [2.24, 2.45) is 7.05 Å². The molecule has 0 bridgehead atoms. The maximum Gasteiger partial charge on any atom is 0.508 e. The first kappa shape index (κ1) is 10.7. The SMILES string of the molecule is CCOC(=O)c1cnn(C)c1B(O)O. The molecule has 7 heteroatoms. The first-order valence-corrected chi connectivity index (χ1v) is 4.13. The molecule has 0 atom stereocenters. The van der Waals surface area contributed by atoms with Gasteiger partial charge in [-0.1, -0.05) is 0 Å². The van der Waals surface area contributed by atoms with Crippen LogP contribution in [0.1, 0.15) is 17.3 Å². The predicted molar refractivity (Wildman–Crippen MR) is 49.0 cm³/mol. The summed E-state index contributed by atoms with van der Waals surface area (Å²) in [6.07, 6.45) is 1.24. The van der Waals surface area contributed by atoms with Gasteiger partial charge >= 0.3 is 13.1 Å². The molecule has 0 unspecified atom stereocenters. The monoisotopic (exact) mass is 198 g/mol. The molecule has 2 N–H and O–H groups in total. The highest BCUT2D eigenvalue weighted by atomic mass is 16.5. The van der Waals surface area contributed by atoms with Crippen LogP contribution in [0.15, 0.2) is 6.20 Å². The number of aryl methyl sites for hydroxylation is 1. The highest BCUT2D eigenvalue weighted by Gasteiger charge is 2.25. The molecular formula is C7H11BN2O4. The second-order valence-electron chi connectivity index (χ2n) is 2.66. The van der Waals surface area contributed by atoms with E-state index >= 15 is 0 Å². The van der Waals surface area contributed by atoms with Crippen LogP contribution in [0.4, 0.5) is 0 Å². The van der Waals surface area contributed by atoms with E-state index in [0.717, 1.165) is 0 Å². The molecule has 0 spiro atoms. The lowest BCUT2D eigenvalue weighted by Gasteiger charge is -2.03. The van der Waals surface area contributed by atoms with E-state index in [-0.39, 0.29) is 17.8 Å². The van der Waals surface area contributed by atoms with Gasteiger partial charge in [0, 0.05) is 7.05 Å². The Morgan fingerprint density at radius 1 is 1.71 bits per heavy atom. The van der Waals surface area contributed by atoms with Crippen molar-refractivity contribution < 1.29 is 19.6 Å². The lowest BCUT2D eigenvalue weighted by molar-refractivity contribution is 0.0527. The molecule has 0 aliphatic heterocycles. The summed E-state index contributed by atoms with van der Waals surface area (Å²) >= 11 is 0. The van der Waals surface area contributed by atoms with E-state index in [1.807, 2.05) is 0 Å². The maximum absolute atomic E-state index is 11.3. The number of hydrogen-bond donors (Lipinski definition) is 2. The van der Waals surface area contributed by atoms with Gasteiger partial charge in [0.1, 0.15) is 0 Å². The summed E-state index contributed by atoms with van der Waals surface area (Å²) in [5.41, 5.74) is 0.104. The van der Waals surface area contributed by atoms with Gasteiger partial charge < -0.3 is 14.8 Å². The van der Waals surface area contributed by atoms with Crippen LogP contribution in [-0.2, 0) is 11.8 Å². The van der Waals surface area contributed by atoms with Gasteiger partial charge in [-0.05, 0) is 6.92 Å². The standard InChI is InChI=1S/C7H11BN2O4/c1-3-14-7(11)5-4-9-10(2)6(5)8(12)13/h4,12-13H,3H2,1-2H3. The smallest absolute Gasteiger partial charge is 0.462 e. The van der Waals surface area contributed by atoms with E-state index in [1.54, 1.807) is 6.92 Å². The maximum atomic E-state index is 11.3. The fourth-order valence-electron chi connectivity index (χ4n) is 1.12. The second kappa shape index (κ2) is 4.25. The third-order valence-electron chi connectivity index (χ3n) is 1.72. The predicted octanol–water partition coefficient (Wildman–Crippen LogP) is -1.72. The molecule has 1 aromatic rings. The van der Waals surface area contributed by atoms with Gasteiger partial charge in [0.2, 0.25) is 0 Å². The molecule has 0 amide bonds. The van der Waals surface area contributed by atoms with Gasteiger partial charge in [-0.15, -0.1) is 0 Å². The van der Waals surface area contributed by atoms with E-state index in [9.17, 15) is 4.79 Å². The molecule has 0 fully saturated rings. The minimum absolute atomic E-state index is 0.0310. The van der Waals surface area contributed by atoms with Crippen LogP contribution < -0.4 is 5.59 Å². The number of nitrogens with zero attached hydrogens (tertiary/aromatic N) is 2. The number of ether oxygens (including phenoxy) is 1. The first-order valence-electron chi connectivity index (χ1n) is 4.13. The fourth-order valence-corrected chi connectivity index (χ4v) is 1.12. The van der Waals surface area contributed by atoms with Crippen LogP contribution in [0.3, 0.4) is 0 Å². The molecule has 0 aromatic carbocycles. The van der Waals surface area contributed by atoms with Crippen molar-refractivity contribution in [1.29, 1.82) is 0 Å². The van der Waals surface area contributed by atoms with E-state index < -0.39 is 13.1 Å². The lowest BCUT2D eigenvalue weighted by atomic mass is 9.83. The zero-order valence-corrected chi connectivity index (χ0v) is 7.97. The Morgan fingerprint density at radius 2 is 2.36 bits per heavy atom. The molecule has 0 aliphatic carbocycles. The molecule has 1 aromatic heterocycles. The van der Waals surface area contributed by atoms with Crippen molar-refractivity contribution in [3.05, 3.63) is 11.8 Å². The van der Waals surface area contributed by atoms with Crippen LogP contribution in [0, 0.1) is 0 Å². The molecule has 0 saturated heterocycles. The van der Waals surface area contributed by atoms with Gasteiger partial charge in [0.05, 0.1) is 24.0 Å². The van der Waals surface area contributed by atoms with Gasteiger partial charge in [0.25, 0.3) is 0 Å².